The molecule has 0 spiro atoms. The van der Waals surface area contributed by atoms with Crippen LogP contribution < -0.4 is 5.32 Å². The van der Waals surface area contributed by atoms with Crippen molar-refractivity contribution in [3.63, 3.8) is 0 Å². The van der Waals surface area contributed by atoms with Crippen LogP contribution in [0.5, 0.6) is 0 Å². The number of nitrogens with one attached hydrogen (secondary N) is 1. The molecule has 2 aromatic carbocycles. The van der Waals surface area contributed by atoms with E-state index in [2.05, 4.69) is 5.32 Å². The van der Waals surface area contributed by atoms with Crippen LogP contribution in [0, 0.1) is 5.82 Å². The molecule has 0 bridgehead atoms. The lowest BCUT2D eigenvalue weighted by atomic mass is 9.92. The van der Waals surface area contributed by atoms with Crippen molar-refractivity contribution in [3.8, 4) is 0 Å². The van der Waals surface area contributed by atoms with Crippen molar-refractivity contribution in [2.75, 3.05) is 19.4 Å². The Bertz CT molecular complexity index is 942. The molecule has 0 unspecified atom stereocenters. The van der Waals surface area contributed by atoms with Crippen LogP contribution in [0.15, 0.2) is 42.5 Å². The first-order valence-corrected chi connectivity index (χ1v) is 8.94. The Morgan fingerprint density at radius 3 is 2.46 bits per heavy atom. The Hall–Kier alpha value is -3.22. The average Bonchev–Trinajstić information content (AvgIpc) is 2.65. The highest BCUT2D eigenvalue weighted by Gasteiger charge is 2.36. The van der Waals surface area contributed by atoms with Gasteiger partial charge >= 0.3 is 0 Å². The van der Waals surface area contributed by atoms with Gasteiger partial charge in [-0.2, -0.15) is 0 Å². The van der Waals surface area contributed by atoms with Crippen molar-refractivity contribution in [3.05, 3.63) is 65.0 Å². The summed E-state index contributed by atoms with van der Waals surface area (Å²) in [5, 5.41) is 2.71. The Labute approximate surface area is 162 Å². The van der Waals surface area contributed by atoms with Gasteiger partial charge in [-0.15, -0.1) is 0 Å². The summed E-state index contributed by atoms with van der Waals surface area (Å²) >= 11 is 0. The van der Waals surface area contributed by atoms with Gasteiger partial charge in [-0.25, -0.2) is 4.39 Å². The molecule has 1 heterocycles. The third kappa shape index (κ3) is 3.88. The summed E-state index contributed by atoms with van der Waals surface area (Å²) < 4.78 is 14.2. The minimum Gasteiger partial charge on any atom is -0.347 e. The lowest BCUT2D eigenvalue weighted by molar-refractivity contribution is -0.134. The molecule has 0 saturated heterocycles. The van der Waals surface area contributed by atoms with Gasteiger partial charge in [0.05, 0.1) is 5.56 Å². The summed E-state index contributed by atoms with van der Waals surface area (Å²) in [5.41, 5.74) is 2.29. The molecule has 2 aromatic rings. The molecule has 0 aliphatic carbocycles. The van der Waals surface area contributed by atoms with Gasteiger partial charge in [-0.1, -0.05) is 18.2 Å². The largest absolute Gasteiger partial charge is 0.347 e. The predicted octanol–water partition coefficient (Wildman–Crippen LogP) is 2.44. The second-order valence-electron chi connectivity index (χ2n) is 7.03. The van der Waals surface area contributed by atoms with Crippen molar-refractivity contribution in [2.45, 2.75) is 25.9 Å². The molecular weight excluding hydrogens is 361 g/mol. The minimum absolute atomic E-state index is 0.0690. The van der Waals surface area contributed by atoms with Crippen molar-refractivity contribution < 1.29 is 18.8 Å². The van der Waals surface area contributed by atoms with E-state index in [1.165, 1.54) is 34.9 Å². The van der Waals surface area contributed by atoms with Crippen LogP contribution in [0.1, 0.15) is 28.4 Å². The van der Waals surface area contributed by atoms with E-state index in [0.717, 1.165) is 11.1 Å². The van der Waals surface area contributed by atoms with Crippen LogP contribution in [0.4, 0.5) is 10.1 Å². The summed E-state index contributed by atoms with van der Waals surface area (Å²) in [6, 6.07) is 10.4. The summed E-state index contributed by atoms with van der Waals surface area (Å²) in [5.74, 6) is -1.58. The van der Waals surface area contributed by atoms with E-state index in [-0.39, 0.29) is 23.9 Å². The number of halogens is 1. The Kier molecular flexibility index (Phi) is 5.44. The second-order valence-corrected chi connectivity index (χ2v) is 7.03. The topological polar surface area (TPSA) is 69.7 Å². The number of amides is 3. The van der Waals surface area contributed by atoms with Gasteiger partial charge in [-0.3, -0.25) is 14.4 Å². The molecule has 3 amide bonds. The van der Waals surface area contributed by atoms with E-state index in [0.29, 0.717) is 12.1 Å². The van der Waals surface area contributed by atoms with E-state index in [1.54, 1.807) is 32.3 Å². The highest BCUT2D eigenvalue weighted by atomic mass is 19.1. The van der Waals surface area contributed by atoms with Crippen LogP contribution in [-0.2, 0) is 22.6 Å². The van der Waals surface area contributed by atoms with Crippen LogP contribution in [0.2, 0.25) is 0 Å². The van der Waals surface area contributed by atoms with Gasteiger partial charge in [0, 0.05) is 39.7 Å². The predicted molar refractivity (Wildman–Crippen MR) is 103 cm³/mol. The molecule has 1 N–H and O–H groups in total. The molecule has 28 heavy (non-hydrogen) atoms. The third-order valence-electron chi connectivity index (χ3n) is 4.75. The van der Waals surface area contributed by atoms with Gasteiger partial charge in [0.25, 0.3) is 5.91 Å². The molecule has 0 saturated carbocycles. The molecule has 3 rings (SSSR count). The number of carbonyl (C=O) groups is 3. The van der Waals surface area contributed by atoms with Gasteiger partial charge in [0.15, 0.2) is 0 Å². The fraction of sp³-hybridized carbons (Fsp3) is 0.286. The number of hydrogen-bond donors (Lipinski definition) is 1. The van der Waals surface area contributed by atoms with Gasteiger partial charge in [0.1, 0.15) is 11.9 Å². The maximum absolute atomic E-state index is 14.2. The first-order chi connectivity index (χ1) is 13.3. The van der Waals surface area contributed by atoms with E-state index < -0.39 is 17.8 Å². The summed E-state index contributed by atoms with van der Waals surface area (Å²) in [4.78, 5) is 40.0. The van der Waals surface area contributed by atoms with E-state index >= 15 is 0 Å². The molecule has 7 heteroatoms. The molecular formula is C21H22FN3O3. The Morgan fingerprint density at radius 2 is 1.82 bits per heavy atom. The lowest BCUT2D eigenvalue weighted by Crippen LogP contribution is -2.52. The molecule has 0 fully saturated rings. The summed E-state index contributed by atoms with van der Waals surface area (Å²) in [6.45, 7) is 1.57. The lowest BCUT2D eigenvalue weighted by Gasteiger charge is -2.37. The van der Waals surface area contributed by atoms with Crippen molar-refractivity contribution in [1.29, 1.82) is 0 Å². The number of likely N-dealkylation sites (N-methyl/N-ethyl adjacent to an activating group) is 1. The SMILES string of the molecule is CC(=O)Nc1ccc2c(c1)CN(C(=O)c1ccccc1F)[C@H](C(=O)N(C)C)C2. The maximum Gasteiger partial charge on any atom is 0.257 e. The van der Waals surface area contributed by atoms with Crippen LogP contribution >= 0.6 is 0 Å². The highest BCUT2D eigenvalue weighted by Crippen LogP contribution is 2.28. The van der Waals surface area contributed by atoms with Crippen molar-refractivity contribution in [1.82, 2.24) is 9.80 Å². The first kappa shape index (κ1) is 19.5. The molecule has 1 atom stereocenters. The first-order valence-electron chi connectivity index (χ1n) is 8.94. The Balaban J connectivity index is 2.00. The highest BCUT2D eigenvalue weighted by molar-refractivity contribution is 5.98. The zero-order chi connectivity index (χ0) is 20.4. The standard InChI is InChI=1S/C21H22FN3O3/c1-13(26)23-16-9-8-14-11-19(21(28)24(2)3)25(12-15(14)10-16)20(27)17-6-4-5-7-18(17)22/h4-10,19H,11-12H2,1-3H3,(H,23,26)/t19-/m0/s1. The van der Waals surface area contributed by atoms with Gasteiger partial charge in [0.2, 0.25) is 11.8 Å². The normalized spacial score (nSPS) is 15.6. The third-order valence-corrected chi connectivity index (χ3v) is 4.75. The van der Waals surface area contributed by atoms with Crippen molar-refractivity contribution >= 4 is 23.4 Å². The fourth-order valence-electron chi connectivity index (χ4n) is 3.39. The molecule has 1 aliphatic heterocycles. The van der Waals surface area contributed by atoms with Gasteiger partial charge < -0.3 is 15.1 Å². The minimum atomic E-state index is -0.721. The number of fused-ring (bicyclic) bond motifs is 1. The zero-order valence-electron chi connectivity index (χ0n) is 16.0. The van der Waals surface area contributed by atoms with Crippen molar-refractivity contribution in [2.24, 2.45) is 0 Å². The number of nitrogens with zero attached hydrogens (tertiary/aromatic N) is 2. The average molecular weight is 383 g/mol. The van der Waals surface area contributed by atoms with Crippen LogP contribution in [0.3, 0.4) is 0 Å². The zero-order valence-corrected chi connectivity index (χ0v) is 16.0. The monoisotopic (exact) mass is 383 g/mol. The number of anilines is 1. The van der Waals surface area contributed by atoms with E-state index in [1.807, 2.05) is 6.07 Å². The molecule has 146 valence electrons. The molecule has 0 radical (unpaired) electrons. The van der Waals surface area contributed by atoms with E-state index in [4.69, 9.17) is 0 Å². The Morgan fingerprint density at radius 1 is 1.11 bits per heavy atom. The number of hydrogen-bond acceptors (Lipinski definition) is 3. The van der Waals surface area contributed by atoms with Crippen LogP contribution in [0.25, 0.3) is 0 Å². The fourth-order valence-corrected chi connectivity index (χ4v) is 3.39. The molecule has 0 aromatic heterocycles. The maximum atomic E-state index is 14.2. The second kappa shape index (κ2) is 7.80. The molecule has 6 nitrogen and oxygen atoms in total. The summed E-state index contributed by atoms with van der Waals surface area (Å²) in [7, 11) is 3.26. The van der Waals surface area contributed by atoms with Gasteiger partial charge in [-0.05, 0) is 35.4 Å². The quantitative estimate of drug-likeness (QED) is 0.885. The smallest absolute Gasteiger partial charge is 0.257 e. The number of benzene rings is 2. The summed E-state index contributed by atoms with van der Waals surface area (Å²) in [6.07, 6.45) is 0.326. The van der Waals surface area contributed by atoms with Crippen LogP contribution in [-0.4, -0.2) is 47.7 Å². The number of carbonyl (C=O) groups excluding carboxylic acids is 3. The number of rotatable bonds is 3. The molecule has 1 aliphatic rings. The van der Waals surface area contributed by atoms with E-state index in [9.17, 15) is 18.8 Å².